The maximum absolute atomic E-state index is 13.8. The zero-order valence-corrected chi connectivity index (χ0v) is 12.4. The average molecular weight is 314 g/mol. The molecule has 2 rings (SSSR count). The van der Waals surface area contributed by atoms with E-state index in [1.54, 1.807) is 31.3 Å². The molecule has 5 heteroatoms. The quantitative estimate of drug-likeness (QED) is 0.881. The zero-order chi connectivity index (χ0) is 14.5. The Morgan fingerprint density at radius 2 is 1.95 bits per heavy atom. The fourth-order valence-corrected chi connectivity index (χ4v) is 2.30. The standard InChI is InChI=1S/C15H14Cl2FNO/c1-19-8-10-3-2-4-14(18)15(10)20-9-11-5-6-12(16)7-13(11)17/h2-7,19H,8-9H2,1H3. The topological polar surface area (TPSA) is 21.3 Å². The molecule has 0 saturated heterocycles. The summed E-state index contributed by atoms with van der Waals surface area (Å²) in [6.45, 7) is 0.717. The molecule has 0 aliphatic heterocycles. The van der Waals surface area contributed by atoms with Crippen LogP contribution < -0.4 is 10.1 Å². The lowest BCUT2D eigenvalue weighted by atomic mass is 10.2. The maximum Gasteiger partial charge on any atom is 0.165 e. The van der Waals surface area contributed by atoms with Crippen LogP contribution in [-0.4, -0.2) is 7.05 Å². The molecule has 0 unspecified atom stereocenters. The van der Waals surface area contributed by atoms with Crippen molar-refractivity contribution in [3.63, 3.8) is 0 Å². The van der Waals surface area contributed by atoms with Gasteiger partial charge < -0.3 is 10.1 Å². The maximum atomic E-state index is 13.8. The Morgan fingerprint density at radius 3 is 2.65 bits per heavy atom. The number of para-hydroxylation sites is 1. The van der Waals surface area contributed by atoms with Crippen molar-refractivity contribution in [3.05, 3.63) is 63.4 Å². The van der Waals surface area contributed by atoms with Crippen molar-refractivity contribution >= 4 is 23.2 Å². The van der Waals surface area contributed by atoms with E-state index >= 15 is 0 Å². The molecule has 2 aromatic rings. The lowest BCUT2D eigenvalue weighted by Gasteiger charge is -2.13. The van der Waals surface area contributed by atoms with E-state index in [-0.39, 0.29) is 18.2 Å². The highest BCUT2D eigenvalue weighted by Crippen LogP contribution is 2.26. The molecule has 2 nitrogen and oxygen atoms in total. The molecule has 20 heavy (non-hydrogen) atoms. The third-order valence-corrected chi connectivity index (χ3v) is 3.39. The molecule has 0 amide bonds. The van der Waals surface area contributed by atoms with Gasteiger partial charge in [-0.15, -0.1) is 0 Å². The molecule has 0 aromatic heterocycles. The van der Waals surface area contributed by atoms with Gasteiger partial charge in [0.15, 0.2) is 11.6 Å². The van der Waals surface area contributed by atoms with Gasteiger partial charge in [0.1, 0.15) is 6.61 Å². The molecule has 106 valence electrons. The molecule has 0 aliphatic carbocycles. The van der Waals surface area contributed by atoms with Crippen molar-refractivity contribution in [2.45, 2.75) is 13.2 Å². The SMILES string of the molecule is CNCc1cccc(F)c1OCc1ccc(Cl)cc1Cl. The molecule has 2 aromatic carbocycles. The predicted octanol–water partition coefficient (Wildman–Crippen LogP) is 4.43. The summed E-state index contributed by atoms with van der Waals surface area (Å²) < 4.78 is 19.4. The van der Waals surface area contributed by atoms with Crippen molar-refractivity contribution in [1.82, 2.24) is 5.32 Å². The van der Waals surface area contributed by atoms with Gasteiger partial charge in [0, 0.05) is 27.7 Å². The second kappa shape index (κ2) is 6.93. The number of halogens is 3. The highest BCUT2D eigenvalue weighted by molar-refractivity contribution is 6.35. The monoisotopic (exact) mass is 313 g/mol. The predicted molar refractivity (Wildman–Crippen MR) is 80.0 cm³/mol. The second-order valence-electron chi connectivity index (χ2n) is 4.28. The minimum atomic E-state index is -0.386. The molecule has 0 radical (unpaired) electrons. The average Bonchev–Trinajstić information content (AvgIpc) is 2.40. The summed E-state index contributed by atoms with van der Waals surface area (Å²) in [5.74, 6) is -0.143. The smallest absolute Gasteiger partial charge is 0.165 e. The summed E-state index contributed by atoms with van der Waals surface area (Å²) >= 11 is 11.9. The first-order valence-electron chi connectivity index (χ1n) is 6.10. The number of benzene rings is 2. The Hall–Kier alpha value is -1.29. The van der Waals surface area contributed by atoms with E-state index in [0.29, 0.717) is 16.6 Å². The minimum absolute atomic E-state index is 0.188. The van der Waals surface area contributed by atoms with Crippen LogP contribution in [0.3, 0.4) is 0 Å². The van der Waals surface area contributed by atoms with Gasteiger partial charge in [-0.25, -0.2) is 4.39 Å². The Balaban J connectivity index is 2.18. The number of hydrogen-bond acceptors (Lipinski definition) is 2. The molecule has 1 N–H and O–H groups in total. The van der Waals surface area contributed by atoms with Crippen molar-refractivity contribution in [2.75, 3.05) is 7.05 Å². The third-order valence-electron chi connectivity index (χ3n) is 2.80. The lowest BCUT2D eigenvalue weighted by Crippen LogP contribution is -2.08. The Morgan fingerprint density at radius 1 is 1.15 bits per heavy atom. The summed E-state index contributed by atoms with van der Waals surface area (Å²) in [5.41, 5.74) is 1.52. The van der Waals surface area contributed by atoms with Gasteiger partial charge in [-0.05, 0) is 25.2 Å². The van der Waals surface area contributed by atoms with Crippen molar-refractivity contribution in [2.24, 2.45) is 0 Å². The third kappa shape index (κ3) is 3.63. The summed E-state index contributed by atoms with van der Waals surface area (Å²) in [6, 6.07) is 9.98. The summed E-state index contributed by atoms with van der Waals surface area (Å²) in [4.78, 5) is 0. The fraction of sp³-hybridized carbons (Fsp3) is 0.200. The zero-order valence-electron chi connectivity index (χ0n) is 10.9. The molecular weight excluding hydrogens is 300 g/mol. The Kier molecular flexibility index (Phi) is 5.24. The fourth-order valence-electron chi connectivity index (χ4n) is 1.83. The molecule has 0 heterocycles. The van der Waals surface area contributed by atoms with E-state index in [1.807, 2.05) is 6.07 Å². The molecule has 0 spiro atoms. The number of rotatable bonds is 5. The van der Waals surface area contributed by atoms with E-state index < -0.39 is 0 Å². The Bertz CT molecular complexity index is 604. The van der Waals surface area contributed by atoms with Crippen LogP contribution in [0.5, 0.6) is 5.75 Å². The summed E-state index contributed by atoms with van der Waals surface area (Å²) in [6.07, 6.45) is 0. The first kappa shape index (κ1) is 15.1. The van der Waals surface area contributed by atoms with Crippen LogP contribution in [-0.2, 0) is 13.2 Å². The van der Waals surface area contributed by atoms with Gasteiger partial charge in [0.25, 0.3) is 0 Å². The highest BCUT2D eigenvalue weighted by Gasteiger charge is 2.10. The van der Waals surface area contributed by atoms with Gasteiger partial charge in [0.2, 0.25) is 0 Å². The van der Waals surface area contributed by atoms with Gasteiger partial charge >= 0.3 is 0 Å². The summed E-state index contributed by atoms with van der Waals surface area (Å²) in [7, 11) is 1.80. The van der Waals surface area contributed by atoms with Gasteiger partial charge in [-0.1, -0.05) is 41.4 Å². The second-order valence-corrected chi connectivity index (χ2v) is 5.13. The van der Waals surface area contributed by atoms with Crippen molar-refractivity contribution in [3.8, 4) is 5.75 Å². The molecule has 0 bridgehead atoms. The van der Waals surface area contributed by atoms with Crippen molar-refractivity contribution in [1.29, 1.82) is 0 Å². The minimum Gasteiger partial charge on any atom is -0.485 e. The highest BCUT2D eigenvalue weighted by atomic mass is 35.5. The van der Waals surface area contributed by atoms with E-state index in [0.717, 1.165) is 11.1 Å². The molecule has 0 aliphatic rings. The number of ether oxygens (including phenoxy) is 1. The molecule has 0 saturated carbocycles. The van der Waals surface area contributed by atoms with E-state index in [2.05, 4.69) is 5.32 Å². The first-order chi connectivity index (χ1) is 9.61. The molecule has 0 atom stereocenters. The largest absolute Gasteiger partial charge is 0.485 e. The van der Waals surface area contributed by atoms with Crippen LogP contribution in [0.1, 0.15) is 11.1 Å². The van der Waals surface area contributed by atoms with Gasteiger partial charge in [-0.3, -0.25) is 0 Å². The van der Waals surface area contributed by atoms with Crippen LogP contribution in [0.2, 0.25) is 10.0 Å². The van der Waals surface area contributed by atoms with Crippen LogP contribution in [0.25, 0.3) is 0 Å². The molecule has 0 fully saturated rings. The van der Waals surface area contributed by atoms with Gasteiger partial charge in [-0.2, -0.15) is 0 Å². The number of nitrogens with one attached hydrogen (secondary N) is 1. The number of hydrogen-bond donors (Lipinski definition) is 1. The molecular formula is C15H14Cl2FNO. The normalized spacial score (nSPS) is 10.6. The van der Waals surface area contributed by atoms with E-state index in [1.165, 1.54) is 6.07 Å². The Labute approximate surface area is 127 Å². The van der Waals surface area contributed by atoms with E-state index in [9.17, 15) is 4.39 Å². The lowest BCUT2D eigenvalue weighted by molar-refractivity contribution is 0.286. The van der Waals surface area contributed by atoms with Crippen LogP contribution in [0.15, 0.2) is 36.4 Å². The van der Waals surface area contributed by atoms with Crippen LogP contribution >= 0.6 is 23.2 Å². The van der Waals surface area contributed by atoms with Crippen molar-refractivity contribution < 1.29 is 9.13 Å². The summed E-state index contributed by atoms with van der Waals surface area (Å²) in [5, 5.41) is 4.04. The van der Waals surface area contributed by atoms with Crippen LogP contribution in [0.4, 0.5) is 4.39 Å². The van der Waals surface area contributed by atoms with E-state index in [4.69, 9.17) is 27.9 Å². The van der Waals surface area contributed by atoms with Gasteiger partial charge in [0.05, 0.1) is 0 Å². The van der Waals surface area contributed by atoms with Crippen LogP contribution in [0, 0.1) is 5.82 Å². The first-order valence-corrected chi connectivity index (χ1v) is 6.86.